The van der Waals surface area contributed by atoms with Gasteiger partial charge in [-0.25, -0.2) is 4.98 Å². The Labute approximate surface area is 203 Å². The summed E-state index contributed by atoms with van der Waals surface area (Å²) in [6, 6.07) is 26.1. The number of halogens is 1. The maximum atomic E-state index is 13.0. The van der Waals surface area contributed by atoms with Crippen molar-refractivity contribution in [1.82, 2.24) is 14.9 Å². The van der Waals surface area contributed by atoms with E-state index in [0.29, 0.717) is 11.7 Å². The minimum Gasteiger partial charge on any atom is -0.467 e. The molecule has 1 amide bonds. The van der Waals surface area contributed by atoms with Crippen LogP contribution >= 0.6 is 11.6 Å². The Hall–Kier alpha value is -3.83. The lowest BCUT2D eigenvalue weighted by Crippen LogP contribution is -2.24. The molecule has 5 rings (SSSR count). The van der Waals surface area contributed by atoms with E-state index in [4.69, 9.17) is 16.0 Å². The third kappa shape index (κ3) is 4.90. The quantitative estimate of drug-likeness (QED) is 0.276. The standard InChI is InChI=1S/C28H24ClN3O2/c29-27-13-12-21(16-30-27)24(15-28(33)31-17-22-9-6-14-34-22)25-19-32(18-20-7-2-1-3-8-20)26-11-5-4-10-23(25)26/h1-14,16,19,24H,15,17-18H2,(H,31,33). The van der Waals surface area contributed by atoms with Crippen LogP contribution in [0.1, 0.15) is 34.8 Å². The number of hydrogen-bond acceptors (Lipinski definition) is 3. The minimum atomic E-state index is -0.178. The van der Waals surface area contributed by atoms with Crippen molar-refractivity contribution in [1.29, 1.82) is 0 Å². The van der Waals surface area contributed by atoms with Crippen molar-refractivity contribution < 1.29 is 9.21 Å². The highest BCUT2D eigenvalue weighted by Crippen LogP contribution is 2.35. The summed E-state index contributed by atoms with van der Waals surface area (Å²) >= 11 is 6.06. The zero-order chi connectivity index (χ0) is 23.3. The number of carbonyl (C=O) groups is 1. The fourth-order valence-corrected chi connectivity index (χ4v) is 4.43. The second-order valence-corrected chi connectivity index (χ2v) is 8.63. The highest BCUT2D eigenvalue weighted by Gasteiger charge is 2.23. The molecule has 1 atom stereocenters. The van der Waals surface area contributed by atoms with Gasteiger partial charge < -0.3 is 14.3 Å². The van der Waals surface area contributed by atoms with Gasteiger partial charge in [0.2, 0.25) is 5.91 Å². The van der Waals surface area contributed by atoms with Gasteiger partial charge in [0.05, 0.1) is 12.8 Å². The molecular weight excluding hydrogens is 446 g/mol. The van der Waals surface area contributed by atoms with Crippen LogP contribution in [0.5, 0.6) is 0 Å². The summed E-state index contributed by atoms with van der Waals surface area (Å²) in [7, 11) is 0. The second kappa shape index (κ2) is 9.98. The lowest BCUT2D eigenvalue weighted by atomic mass is 9.89. The number of amides is 1. The molecule has 170 valence electrons. The van der Waals surface area contributed by atoms with Crippen LogP contribution in [0.3, 0.4) is 0 Å². The third-order valence-electron chi connectivity index (χ3n) is 5.97. The van der Waals surface area contributed by atoms with Crippen LogP contribution in [0.25, 0.3) is 10.9 Å². The van der Waals surface area contributed by atoms with Crippen LogP contribution in [0.15, 0.2) is 102 Å². The minimum absolute atomic E-state index is 0.0590. The molecule has 0 fully saturated rings. The Kier molecular flexibility index (Phi) is 6.45. The number of fused-ring (bicyclic) bond motifs is 1. The Morgan fingerprint density at radius 3 is 2.59 bits per heavy atom. The van der Waals surface area contributed by atoms with Gasteiger partial charge in [0.1, 0.15) is 10.9 Å². The molecule has 1 N–H and O–H groups in total. The Bertz CT molecular complexity index is 1380. The summed E-state index contributed by atoms with van der Waals surface area (Å²) in [6.45, 7) is 1.10. The highest BCUT2D eigenvalue weighted by atomic mass is 35.5. The zero-order valence-electron chi connectivity index (χ0n) is 18.5. The average molecular weight is 470 g/mol. The molecule has 0 aliphatic rings. The number of rotatable bonds is 8. The van der Waals surface area contributed by atoms with E-state index < -0.39 is 0 Å². The molecule has 0 radical (unpaired) electrons. The summed E-state index contributed by atoms with van der Waals surface area (Å²) in [4.78, 5) is 17.3. The Morgan fingerprint density at radius 1 is 1.00 bits per heavy atom. The van der Waals surface area contributed by atoms with Crippen molar-refractivity contribution in [3.8, 4) is 0 Å². The number of pyridine rings is 1. The number of furan rings is 1. The lowest BCUT2D eigenvalue weighted by molar-refractivity contribution is -0.121. The second-order valence-electron chi connectivity index (χ2n) is 8.24. The first kappa shape index (κ1) is 22.0. The van der Waals surface area contributed by atoms with Crippen LogP contribution < -0.4 is 5.32 Å². The van der Waals surface area contributed by atoms with E-state index in [2.05, 4.69) is 45.3 Å². The van der Waals surface area contributed by atoms with Crippen LogP contribution in [0.4, 0.5) is 0 Å². The normalized spacial score (nSPS) is 12.0. The predicted octanol–water partition coefficient (Wildman–Crippen LogP) is 6.17. The van der Waals surface area contributed by atoms with Gasteiger partial charge in [0, 0.05) is 42.2 Å². The van der Waals surface area contributed by atoms with Gasteiger partial charge in [0.25, 0.3) is 0 Å². The summed E-state index contributed by atoms with van der Waals surface area (Å²) in [5.74, 6) is 0.483. The molecule has 0 spiro atoms. The molecule has 0 aliphatic heterocycles. The molecule has 3 aromatic heterocycles. The van der Waals surface area contributed by atoms with Gasteiger partial charge >= 0.3 is 0 Å². The van der Waals surface area contributed by atoms with Gasteiger partial charge in [-0.05, 0) is 41.0 Å². The zero-order valence-corrected chi connectivity index (χ0v) is 19.3. The van der Waals surface area contributed by atoms with E-state index in [0.717, 1.165) is 34.3 Å². The highest BCUT2D eigenvalue weighted by molar-refractivity contribution is 6.29. The number of benzene rings is 2. The molecule has 2 aromatic carbocycles. The van der Waals surface area contributed by atoms with Crippen LogP contribution in [0, 0.1) is 0 Å². The molecule has 0 bridgehead atoms. The largest absolute Gasteiger partial charge is 0.467 e. The maximum Gasteiger partial charge on any atom is 0.221 e. The number of para-hydroxylation sites is 1. The van der Waals surface area contributed by atoms with Crippen LogP contribution in [-0.2, 0) is 17.9 Å². The SMILES string of the molecule is O=C(CC(c1ccc(Cl)nc1)c1cn(Cc2ccccc2)c2ccccc12)NCc1ccco1. The van der Waals surface area contributed by atoms with Crippen molar-refractivity contribution in [2.75, 3.05) is 0 Å². The van der Waals surface area contributed by atoms with Crippen LogP contribution in [0.2, 0.25) is 5.15 Å². The Morgan fingerprint density at radius 2 is 1.82 bits per heavy atom. The number of nitrogens with one attached hydrogen (secondary N) is 1. The topological polar surface area (TPSA) is 60.1 Å². The number of nitrogens with zero attached hydrogens (tertiary/aromatic N) is 2. The fraction of sp³-hybridized carbons (Fsp3) is 0.143. The summed E-state index contributed by atoms with van der Waals surface area (Å²) < 4.78 is 7.59. The number of hydrogen-bond donors (Lipinski definition) is 1. The predicted molar refractivity (Wildman–Crippen MR) is 134 cm³/mol. The molecule has 5 nitrogen and oxygen atoms in total. The number of aromatic nitrogens is 2. The monoisotopic (exact) mass is 469 g/mol. The third-order valence-corrected chi connectivity index (χ3v) is 6.20. The molecule has 0 aliphatic carbocycles. The summed E-state index contributed by atoms with van der Waals surface area (Å²) in [5.41, 5.74) is 4.38. The maximum absolute atomic E-state index is 13.0. The van der Waals surface area contributed by atoms with Crippen molar-refractivity contribution in [2.45, 2.75) is 25.4 Å². The van der Waals surface area contributed by atoms with Gasteiger partial charge in [-0.3, -0.25) is 4.79 Å². The van der Waals surface area contributed by atoms with Crippen molar-refractivity contribution in [2.24, 2.45) is 0 Å². The Balaban J connectivity index is 1.50. The van der Waals surface area contributed by atoms with E-state index >= 15 is 0 Å². The molecule has 0 saturated heterocycles. The van der Waals surface area contributed by atoms with Crippen molar-refractivity contribution in [3.05, 3.63) is 125 Å². The summed E-state index contributed by atoms with van der Waals surface area (Å²) in [5, 5.41) is 4.52. The van der Waals surface area contributed by atoms with E-state index in [1.54, 1.807) is 18.5 Å². The average Bonchev–Trinajstić information content (AvgIpc) is 3.51. The van der Waals surface area contributed by atoms with Gasteiger partial charge in [0.15, 0.2) is 0 Å². The van der Waals surface area contributed by atoms with Crippen LogP contribution in [-0.4, -0.2) is 15.5 Å². The molecule has 6 heteroatoms. The van der Waals surface area contributed by atoms with Gasteiger partial charge in [-0.15, -0.1) is 0 Å². The first-order valence-corrected chi connectivity index (χ1v) is 11.6. The van der Waals surface area contributed by atoms with Crippen molar-refractivity contribution >= 4 is 28.4 Å². The molecular formula is C28H24ClN3O2. The molecule has 3 heterocycles. The van der Waals surface area contributed by atoms with E-state index in [-0.39, 0.29) is 18.2 Å². The molecule has 34 heavy (non-hydrogen) atoms. The van der Waals surface area contributed by atoms with E-state index in [9.17, 15) is 4.79 Å². The van der Waals surface area contributed by atoms with E-state index in [1.165, 1.54) is 5.56 Å². The molecule has 1 unspecified atom stereocenters. The molecule has 0 saturated carbocycles. The molecule has 5 aromatic rings. The first-order chi connectivity index (χ1) is 16.7. The van der Waals surface area contributed by atoms with Gasteiger partial charge in [-0.2, -0.15) is 0 Å². The summed E-state index contributed by atoms with van der Waals surface area (Å²) in [6.07, 6.45) is 5.81. The van der Waals surface area contributed by atoms with Crippen molar-refractivity contribution in [3.63, 3.8) is 0 Å². The van der Waals surface area contributed by atoms with E-state index in [1.807, 2.05) is 48.5 Å². The fourth-order valence-electron chi connectivity index (χ4n) is 4.32. The lowest BCUT2D eigenvalue weighted by Gasteiger charge is -2.17. The smallest absolute Gasteiger partial charge is 0.221 e. The number of carbonyl (C=O) groups excluding carboxylic acids is 1. The van der Waals surface area contributed by atoms with Gasteiger partial charge in [-0.1, -0.05) is 66.2 Å². The first-order valence-electron chi connectivity index (χ1n) is 11.2.